The van der Waals surface area contributed by atoms with Gasteiger partial charge in [-0.05, 0) is 67.9 Å². The first kappa shape index (κ1) is 21.6. The molecule has 7 nitrogen and oxygen atoms in total. The van der Waals surface area contributed by atoms with Crippen molar-refractivity contribution in [1.29, 1.82) is 0 Å². The van der Waals surface area contributed by atoms with Gasteiger partial charge < -0.3 is 16.0 Å². The molecule has 1 fully saturated rings. The number of nitrogens with zero attached hydrogens (tertiary/aromatic N) is 1. The minimum Gasteiger partial charge on any atom is -0.329 e. The van der Waals surface area contributed by atoms with Gasteiger partial charge in [-0.25, -0.2) is 8.42 Å². The largest absolute Gasteiger partial charge is 0.329 e. The topological polar surface area (TPSA) is 105 Å². The number of nitrogens with two attached hydrogens (primary N) is 1. The number of benzene rings is 2. The van der Waals surface area contributed by atoms with Crippen LogP contribution in [0.25, 0.3) is 0 Å². The first-order valence-corrected chi connectivity index (χ1v) is 11.4. The van der Waals surface area contributed by atoms with E-state index in [1.54, 1.807) is 24.3 Å². The number of amides is 1. The molecule has 156 valence electrons. The first-order chi connectivity index (χ1) is 13.9. The van der Waals surface area contributed by atoms with Gasteiger partial charge in [0.2, 0.25) is 5.91 Å². The van der Waals surface area contributed by atoms with Crippen molar-refractivity contribution in [2.24, 2.45) is 5.73 Å². The number of hydrogen-bond donors (Lipinski definition) is 3. The van der Waals surface area contributed by atoms with Crippen LogP contribution in [-0.2, 0) is 21.2 Å². The Bertz CT molecular complexity index is 975. The average Bonchev–Trinajstić information content (AvgIpc) is 3.30. The van der Waals surface area contributed by atoms with Crippen molar-refractivity contribution in [3.05, 3.63) is 53.1 Å². The number of halogens is 1. The van der Waals surface area contributed by atoms with Crippen LogP contribution >= 0.6 is 11.6 Å². The van der Waals surface area contributed by atoms with E-state index in [1.807, 2.05) is 0 Å². The van der Waals surface area contributed by atoms with Crippen LogP contribution in [0.15, 0.2) is 47.4 Å². The summed E-state index contributed by atoms with van der Waals surface area (Å²) >= 11 is 5.83. The standard InChI is InChI=1S/C14H11ClN2O3S.C6H14N2/c15-10-2-1-3-11(8-10)17-21(19,20)12-4-5-13-9(6-12)7-14(18)16-13;7-3-6-8-4-1-2-5-8/h1-6,8,17H,7H2,(H,16,18);1-7H2. The van der Waals surface area contributed by atoms with Crippen molar-refractivity contribution >= 4 is 38.9 Å². The summed E-state index contributed by atoms with van der Waals surface area (Å²) in [6, 6.07) is 11.0. The molecule has 0 aliphatic carbocycles. The van der Waals surface area contributed by atoms with Gasteiger partial charge in [-0.1, -0.05) is 17.7 Å². The summed E-state index contributed by atoms with van der Waals surface area (Å²) in [5.41, 5.74) is 7.08. The molecule has 0 aromatic heterocycles. The molecular weight excluding hydrogens is 412 g/mol. The Balaban J connectivity index is 0.000000252. The van der Waals surface area contributed by atoms with Gasteiger partial charge in [-0.2, -0.15) is 0 Å². The number of carbonyl (C=O) groups is 1. The molecule has 0 bridgehead atoms. The fourth-order valence-corrected chi connectivity index (χ4v) is 4.62. The average molecular weight is 437 g/mol. The molecule has 4 rings (SSSR count). The van der Waals surface area contributed by atoms with Crippen molar-refractivity contribution in [2.75, 3.05) is 36.2 Å². The summed E-state index contributed by atoms with van der Waals surface area (Å²) in [5, 5.41) is 3.11. The highest BCUT2D eigenvalue weighted by Crippen LogP contribution is 2.27. The number of rotatable bonds is 5. The van der Waals surface area contributed by atoms with E-state index < -0.39 is 10.0 Å². The number of nitrogens with one attached hydrogen (secondary N) is 2. The van der Waals surface area contributed by atoms with E-state index in [4.69, 9.17) is 17.3 Å². The first-order valence-electron chi connectivity index (χ1n) is 9.51. The number of anilines is 2. The zero-order chi connectivity index (χ0) is 20.9. The number of fused-ring (bicyclic) bond motifs is 1. The Morgan fingerprint density at radius 3 is 2.59 bits per heavy atom. The second-order valence-electron chi connectivity index (χ2n) is 7.00. The van der Waals surface area contributed by atoms with E-state index in [2.05, 4.69) is 14.9 Å². The molecule has 4 N–H and O–H groups in total. The number of hydrogen-bond acceptors (Lipinski definition) is 5. The SMILES string of the molecule is NCCN1CCCC1.O=C1Cc2cc(S(=O)(=O)Nc3cccc(Cl)c3)ccc2N1. The van der Waals surface area contributed by atoms with Gasteiger partial charge in [-0.15, -0.1) is 0 Å². The van der Waals surface area contributed by atoms with Gasteiger partial charge in [-0.3, -0.25) is 9.52 Å². The summed E-state index contributed by atoms with van der Waals surface area (Å²) in [4.78, 5) is 13.8. The van der Waals surface area contributed by atoms with E-state index >= 15 is 0 Å². The molecule has 0 atom stereocenters. The van der Waals surface area contributed by atoms with Gasteiger partial charge in [0.25, 0.3) is 10.0 Å². The molecule has 29 heavy (non-hydrogen) atoms. The molecule has 2 aliphatic heterocycles. The summed E-state index contributed by atoms with van der Waals surface area (Å²) in [7, 11) is -3.72. The second kappa shape index (κ2) is 9.58. The Kier molecular flexibility index (Phi) is 7.13. The van der Waals surface area contributed by atoms with Crippen molar-refractivity contribution in [1.82, 2.24) is 4.90 Å². The molecular formula is C20H25ClN4O3S. The maximum atomic E-state index is 12.3. The van der Waals surface area contributed by atoms with Crippen LogP contribution in [0.2, 0.25) is 5.02 Å². The Hall–Kier alpha value is -2.13. The summed E-state index contributed by atoms with van der Waals surface area (Å²) in [6.07, 6.45) is 2.94. The van der Waals surface area contributed by atoms with Crippen molar-refractivity contribution < 1.29 is 13.2 Å². The lowest BCUT2D eigenvalue weighted by atomic mass is 10.2. The summed E-state index contributed by atoms with van der Waals surface area (Å²) in [5.74, 6) is -0.137. The molecule has 0 spiro atoms. The zero-order valence-electron chi connectivity index (χ0n) is 16.0. The molecule has 2 aromatic carbocycles. The van der Waals surface area contributed by atoms with Crippen LogP contribution < -0.4 is 15.8 Å². The Labute approximate surface area is 176 Å². The zero-order valence-corrected chi connectivity index (χ0v) is 17.6. The van der Waals surface area contributed by atoms with E-state index in [1.165, 1.54) is 44.1 Å². The van der Waals surface area contributed by atoms with Crippen LogP contribution in [0.5, 0.6) is 0 Å². The molecule has 2 heterocycles. The lowest BCUT2D eigenvalue weighted by molar-refractivity contribution is -0.115. The molecule has 0 radical (unpaired) electrons. The molecule has 2 aromatic rings. The minimum absolute atomic E-state index is 0.109. The predicted molar refractivity (Wildman–Crippen MR) is 116 cm³/mol. The van der Waals surface area contributed by atoms with Gasteiger partial charge in [0.15, 0.2) is 0 Å². The molecule has 0 saturated carbocycles. The molecule has 9 heteroatoms. The highest BCUT2D eigenvalue weighted by molar-refractivity contribution is 7.92. The lowest BCUT2D eigenvalue weighted by Crippen LogP contribution is -2.26. The van der Waals surface area contributed by atoms with Gasteiger partial charge in [0.1, 0.15) is 0 Å². The van der Waals surface area contributed by atoms with Crippen molar-refractivity contribution in [2.45, 2.75) is 24.2 Å². The highest BCUT2D eigenvalue weighted by Gasteiger charge is 2.21. The molecule has 1 saturated heterocycles. The van der Waals surface area contributed by atoms with Gasteiger partial charge >= 0.3 is 0 Å². The number of likely N-dealkylation sites (tertiary alicyclic amines) is 1. The van der Waals surface area contributed by atoms with Crippen LogP contribution in [0.3, 0.4) is 0 Å². The Morgan fingerprint density at radius 1 is 1.14 bits per heavy atom. The maximum Gasteiger partial charge on any atom is 0.261 e. The monoisotopic (exact) mass is 436 g/mol. The van der Waals surface area contributed by atoms with Gasteiger partial charge in [0, 0.05) is 23.8 Å². The predicted octanol–water partition coefficient (Wildman–Crippen LogP) is 2.68. The van der Waals surface area contributed by atoms with Crippen LogP contribution in [0.4, 0.5) is 11.4 Å². The quantitative estimate of drug-likeness (QED) is 0.668. The second-order valence-corrected chi connectivity index (χ2v) is 9.12. The molecule has 1 amide bonds. The number of carbonyl (C=O) groups excluding carboxylic acids is 1. The third kappa shape index (κ3) is 5.93. The third-order valence-electron chi connectivity index (χ3n) is 4.73. The minimum atomic E-state index is -3.72. The Morgan fingerprint density at radius 2 is 1.90 bits per heavy atom. The maximum absolute atomic E-state index is 12.3. The van der Waals surface area contributed by atoms with Crippen LogP contribution in [-0.4, -0.2) is 45.4 Å². The lowest BCUT2D eigenvalue weighted by Gasteiger charge is -2.11. The van der Waals surface area contributed by atoms with Crippen molar-refractivity contribution in [3.8, 4) is 0 Å². The van der Waals surface area contributed by atoms with Crippen LogP contribution in [0.1, 0.15) is 18.4 Å². The van der Waals surface area contributed by atoms with E-state index in [0.29, 0.717) is 22.0 Å². The van der Waals surface area contributed by atoms with Crippen LogP contribution in [0, 0.1) is 0 Å². The fourth-order valence-electron chi connectivity index (χ4n) is 3.33. The van der Waals surface area contributed by atoms with Gasteiger partial charge in [0.05, 0.1) is 17.0 Å². The third-order valence-corrected chi connectivity index (χ3v) is 6.35. The van der Waals surface area contributed by atoms with E-state index in [0.717, 1.165) is 13.1 Å². The summed E-state index contributed by atoms with van der Waals surface area (Å²) < 4.78 is 27.1. The summed E-state index contributed by atoms with van der Waals surface area (Å²) in [6.45, 7) is 4.47. The van der Waals surface area contributed by atoms with E-state index in [-0.39, 0.29) is 17.2 Å². The van der Waals surface area contributed by atoms with Crippen molar-refractivity contribution in [3.63, 3.8) is 0 Å². The fraction of sp³-hybridized carbons (Fsp3) is 0.350. The number of sulfonamides is 1. The molecule has 0 unspecified atom stereocenters. The highest BCUT2D eigenvalue weighted by atomic mass is 35.5. The molecule has 2 aliphatic rings. The smallest absolute Gasteiger partial charge is 0.261 e. The van der Waals surface area contributed by atoms with E-state index in [9.17, 15) is 13.2 Å². The normalized spacial score (nSPS) is 16.0.